The monoisotopic (exact) mass is 256 g/mol. The molecule has 0 atom stereocenters. The quantitative estimate of drug-likeness (QED) is 0.726. The van der Waals surface area contributed by atoms with Crippen LogP contribution in [0.1, 0.15) is 18.9 Å². The average molecular weight is 256 g/mol. The lowest BCUT2D eigenvalue weighted by Gasteiger charge is -2.13. The van der Waals surface area contributed by atoms with Gasteiger partial charge in [-0.3, -0.25) is 0 Å². The lowest BCUT2D eigenvalue weighted by atomic mass is 10.2. The van der Waals surface area contributed by atoms with Crippen LogP contribution in [0.4, 0.5) is 0 Å². The maximum Gasteiger partial charge on any atom is 0.166 e. The van der Waals surface area contributed by atoms with Crippen molar-refractivity contribution in [2.75, 3.05) is 25.2 Å². The second-order valence-electron chi connectivity index (χ2n) is 3.51. The van der Waals surface area contributed by atoms with Crippen molar-refractivity contribution >= 4 is 11.8 Å². The Morgan fingerprint density at radius 2 is 2.18 bits per heavy atom. The Bertz CT molecular complexity index is 306. The fraction of sp³-hybridized carbons (Fsp3) is 0.538. The van der Waals surface area contributed by atoms with E-state index in [-0.39, 0.29) is 6.61 Å². The van der Waals surface area contributed by atoms with E-state index in [4.69, 9.17) is 9.47 Å². The van der Waals surface area contributed by atoms with Gasteiger partial charge in [0.1, 0.15) is 0 Å². The van der Waals surface area contributed by atoms with E-state index in [1.165, 1.54) is 0 Å². The lowest BCUT2D eigenvalue weighted by Crippen LogP contribution is -2.03. The maximum atomic E-state index is 9.24. The van der Waals surface area contributed by atoms with Gasteiger partial charge in [0.05, 0.1) is 20.3 Å². The van der Waals surface area contributed by atoms with E-state index in [1.54, 1.807) is 7.11 Å². The molecule has 96 valence electrons. The highest BCUT2D eigenvalue weighted by molar-refractivity contribution is 7.99. The molecule has 0 radical (unpaired) electrons. The summed E-state index contributed by atoms with van der Waals surface area (Å²) in [5.41, 5.74) is 0.771. The van der Waals surface area contributed by atoms with Crippen LogP contribution in [0.15, 0.2) is 18.2 Å². The highest BCUT2D eigenvalue weighted by Gasteiger charge is 2.09. The third-order valence-corrected chi connectivity index (χ3v) is 3.32. The van der Waals surface area contributed by atoms with Crippen LogP contribution in [0, 0.1) is 0 Å². The maximum absolute atomic E-state index is 9.24. The van der Waals surface area contributed by atoms with Gasteiger partial charge in [0.2, 0.25) is 0 Å². The van der Waals surface area contributed by atoms with Crippen LogP contribution >= 0.6 is 11.8 Å². The van der Waals surface area contributed by atoms with Crippen molar-refractivity contribution in [1.29, 1.82) is 0 Å². The predicted octanol–water partition coefficient (Wildman–Crippen LogP) is 2.71. The Hall–Kier alpha value is -0.870. The number of methoxy groups -OCH3 is 1. The number of thioether (sulfide) groups is 1. The number of aliphatic hydroxyl groups excluding tert-OH is 1. The van der Waals surface area contributed by atoms with Gasteiger partial charge in [-0.1, -0.05) is 19.1 Å². The van der Waals surface area contributed by atoms with Crippen molar-refractivity contribution in [1.82, 2.24) is 0 Å². The van der Waals surface area contributed by atoms with E-state index in [2.05, 4.69) is 6.92 Å². The topological polar surface area (TPSA) is 38.7 Å². The molecule has 0 saturated heterocycles. The van der Waals surface area contributed by atoms with Crippen molar-refractivity contribution < 1.29 is 14.6 Å². The van der Waals surface area contributed by atoms with Crippen molar-refractivity contribution in [3.05, 3.63) is 23.8 Å². The number of rotatable bonds is 8. The van der Waals surface area contributed by atoms with E-state index < -0.39 is 0 Å². The number of hydrogen-bond acceptors (Lipinski definition) is 4. The summed E-state index contributed by atoms with van der Waals surface area (Å²) in [7, 11) is 1.61. The Kier molecular flexibility index (Phi) is 6.89. The van der Waals surface area contributed by atoms with Gasteiger partial charge in [0, 0.05) is 5.56 Å². The summed E-state index contributed by atoms with van der Waals surface area (Å²) < 4.78 is 10.9. The van der Waals surface area contributed by atoms with E-state index in [1.807, 2.05) is 30.0 Å². The molecule has 0 heterocycles. The SMILES string of the molecule is CCSCCCOc1c(CO)cccc1OC. The number of benzene rings is 1. The summed E-state index contributed by atoms with van der Waals surface area (Å²) in [5, 5.41) is 9.24. The molecule has 0 aliphatic heterocycles. The third kappa shape index (κ3) is 4.48. The first-order chi connectivity index (χ1) is 8.33. The van der Waals surface area contributed by atoms with Crippen LogP contribution in [0.25, 0.3) is 0 Å². The standard InChI is InChI=1S/C13H20O3S/c1-3-17-9-5-8-16-13-11(10-14)6-4-7-12(13)15-2/h4,6-7,14H,3,5,8-10H2,1-2H3. The Morgan fingerprint density at radius 1 is 1.35 bits per heavy atom. The summed E-state index contributed by atoms with van der Waals surface area (Å²) in [6.07, 6.45) is 1.00. The Balaban J connectivity index is 2.55. The Morgan fingerprint density at radius 3 is 2.82 bits per heavy atom. The summed E-state index contributed by atoms with van der Waals surface area (Å²) in [6, 6.07) is 5.54. The van der Waals surface area contributed by atoms with Gasteiger partial charge < -0.3 is 14.6 Å². The van der Waals surface area contributed by atoms with E-state index in [0.717, 1.165) is 23.5 Å². The van der Waals surface area contributed by atoms with Gasteiger partial charge in [0.25, 0.3) is 0 Å². The second kappa shape index (κ2) is 8.25. The molecule has 0 amide bonds. The fourth-order valence-corrected chi connectivity index (χ4v) is 2.10. The van der Waals surface area contributed by atoms with Crippen LogP contribution in [0.3, 0.4) is 0 Å². The molecule has 0 spiro atoms. The first-order valence-electron chi connectivity index (χ1n) is 5.80. The zero-order valence-electron chi connectivity index (χ0n) is 10.4. The molecule has 0 fully saturated rings. The van der Waals surface area contributed by atoms with Gasteiger partial charge in [-0.25, -0.2) is 0 Å². The number of ether oxygens (including phenoxy) is 2. The van der Waals surface area contributed by atoms with Gasteiger partial charge >= 0.3 is 0 Å². The van der Waals surface area contributed by atoms with Crippen LogP contribution in [-0.4, -0.2) is 30.3 Å². The molecule has 0 bridgehead atoms. The summed E-state index contributed by atoms with van der Waals surface area (Å²) in [6.45, 7) is 2.77. The zero-order valence-corrected chi connectivity index (χ0v) is 11.3. The minimum atomic E-state index is -0.0315. The first-order valence-corrected chi connectivity index (χ1v) is 6.96. The fourth-order valence-electron chi connectivity index (χ4n) is 1.49. The van der Waals surface area contributed by atoms with Crippen LogP contribution in [0.5, 0.6) is 11.5 Å². The molecule has 0 aliphatic carbocycles. The van der Waals surface area contributed by atoms with Crippen LogP contribution in [-0.2, 0) is 6.61 Å². The largest absolute Gasteiger partial charge is 0.493 e. The molecule has 0 unspecified atom stereocenters. The predicted molar refractivity (Wildman–Crippen MR) is 72.0 cm³/mol. The molecule has 4 heteroatoms. The summed E-state index contributed by atoms with van der Waals surface area (Å²) in [5.74, 6) is 3.58. The number of hydrogen-bond donors (Lipinski definition) is 1. The smallest absolute Gasteiger partial charge is 0.166 e. The molecule has 1 N–H and O–H groups in total. The first kappa shape index (κ1) is 14.2. The van der Waals surface area contributed by atoms with Gasteiger partial charge in [-0.15, -0.1) is 0 Å². The minimum absolute atomic E-state index is 0.0315. The molecule has 17 heavy (non-hydrogen) atoms. The van der Waals surface area contributed by atoms with Crippen LogP contribution in [0.2, 0.25) is 0 Å². The van der Waals surface area contributed by atoms with E-state index >= 15 is 0 Å². The molecular weight excluding hydrogens is 236 g/mol. The molecule has 0 aliphatic rings. The average Bonchev–Trinajstić information content (AvgIpc) is 2.38. The van der Waals surface area contributed by atoms with Gasteiger partial charge in [-0.2, -0.15) is 11.8 Å². The van der Waals surface area contributed by atoms with Gasteiger partial charge in [0.15, 0.2) is 11.5 Å². The minimum Gasteiger partial charge on any atom is -0.493 e. The van der Waals surface area contributed by atoms with Crippen molar-refractivity contribution in [2.24, 2.45) is 0 Å². The van der Waals surface area contributed by atoms with E-state index in [9.17, 15) is 5.11 Å². The van der Waals surface area contributed by atoms with Crippen molar-refractivity contribution in [3.63, 3.8) is 0 Å². The normalized spacial score (nSPS) is 10.3. The van der Waals surface area contributed by atoms with E-state index in [0.29, 0.717) is 18.1 Å². The molecular formula is C13H20O3S. The lowest BCUT2D eigenvalue weighted by molar-refractivity contribution is 0.255. The highest BCUT2D eigenvalue weighted by atomic mass is 32.2. The molecule has 1 aromatic rings. The number of para-hydroxylation sites is 1. The summed E-state index contributed by atoms with van der Waals surface area (Å²) in [4.78, 5) is 0. The van der Waals surface area contributed by atoms with Gasteiger partial charge in [-0.05, 0) is 24.0 Å². The molecule has 1 rings (SSSR count). The number of aliphatic hydroxyl groups is 1. The molecule has 3 nitrogen and oxygen atoms in total. The highest BCUT2D eigenvalue weighted by Crippen LogP contribution is 2.31. The van der Waals surface area contributed by atoms with Crippen molar-refractivity contribution in [2.45, 2.75) is 20.0 Å². The molecule has 1 aromatic carbocycles. The zero-order chi connectivity index (χ0) is 12.5. The Labute approximate surface area is 107 Å². The van der Waals surface area contributed by atoms with Crippen molar-refractivity contribution in [3.8, 4) is 11.5 Å². The summed E-state index contributed by atoms with van der Waals surface area (Å²) >= 11 is 1.90. The molecule has 0 aromatic heterocycles. The van der Waals surface area contributed by atoms with Crippen LogP contribution < -0.4 is 9.47 Å². The molecule has 0 saturated carbocycles. The third-order valence-electron chi connectivity index (χ3n) is 2.33. The second-order valence-corrected chi connectivity index (χ2v) is 4.90.